The molecule has 1 heterocycles. The summed E-state index contributed by atoms with van der Waals surface area (Å²) in [4.78, 5) is 10.6. The molecule has 0 bridgehead atoms. The Morgan fingerprint density at radius 3 is 2.79 bits per heavy atom. The first-order valence-corrected chi connectivity index (χ1v) is 5.27. The van der Waals surface area contributed by atoms with Gasteiger partial charge in [-0.15, -0.1) is 0 Å². The molecule has 3 nitrogen and oxygen atoms in total. The van der Waals surface area contributed by atoms with Gasteiger partial charge in [-0.05, 0) is 13.3 Å². The van der Waals surface area contributed by atoms with Crippen molar-refractivity contribution in [2.24, 2.45) is 0 Å². The monoisotopic (exact) mass is 194 g/mol. The molecule has 0 fully saturated rings. The molecule has 0 spiro atoms. The molecule has 0 aliphatic rings. The molecule has 0 saturated heterocycles. The van der Waals surface area contributed by atoms with Crippen molar-refractivity contribution in [1.29, 1.82) is 0 Å². The second kappa shape index (κ2) is 5.58. The van der Waals surface area contributed by atoms with E-state index in [-0.39, 0.29) is 0 Å². The van der Waals surface area contributed by atoms with Gasteiger partial charge in [0, 0.05) is 12.2 Å². The van der Waals surface area contributed by atoms with Gasteiger partial charge >= 0.3 is 0 Å². The second-order valence-electron chi connectivity index (χ2n) is 3.59. The second-order valence-corrected chi connectivity index (χ2v) is 3.59. The van der Waals surface area contributed by atoms with E-state index in [0.717, 1.165) is 24.9 Å². The lowest BCUT2D eigenvalue weighted by Gasteiger charge is -2.03. The van der Waals surface area contributed by atoms with Crippen LogP contribution in [0.1, 0.15) is 48.7 Å². The van der Waals surface area contributed by atoms with Crippen LogP contribution in [-0.4, -0.2) is 16.1 Å². The van der Waals surface area contributed by atoms with Crippen LogP contribution in [0, 0.1) is 6.92 Å². The fourth-order valence-corrected chi connectivity index (χ4v) is 1.49. The smallest absolute Gasteiger partial charge is 0.153 e. The lowest BCUT2D eigenvalue weighted by atomic mass is 10.2. The van der Waals surface area contributed by atoms with Gasteiger partial charge < -0.3 is 0 Å². The van der Waals surface area contributed by atoms with Gasteiger partial charge in [0.25, 0.3) is 0 Å². The normalized spacial score (nSPS) is 10.4. The fraction of sp³-hybridized carbons (Fsp3) is 0.636. The third-order valence-electron chi connectivity index (χ3n) is 2.49. The summed E-state index contributed by atoms with van der Waals surface area (Å²) < 4.78 is 1.92. The van der Waals surface area contributed by atoms with Gasteiger partial charge in [0.1, 0.15) is 0 Å². The van der Waals surface area contributed by atoms with Gasteiger partial charge in [0.2, 0.25) is 0 Å². The largest absolute Gasteiger partial charge is 0.298 e. The zero-order valence-electron chi connectivity index (χ0n) is 8.99. The van der Waals surface area contributed by atoms with Gasteiger partial charge in [-0.1, -0.05) is 26.2 Å². The first-order valence-electron chi connectivity index (χ1n) is 5.27. The number of hydrogen-bond acceptors (Lipinski definition) is 2. The Morgan fingerprint density at radius 1 is 1.43 bits per heavy atom. The lowest BCUT2D eigenvalue weighted by Crippen LogP contribution is -2.02. The van der Waals surface area contributed by atoms with E-state index in [0.29, 0.717) is 5.56 Å². The summed E-state index contributed by atoms with van der Waals surface area (Å²) in [5, 5.41) is 4.17. The number of carbonyl (C=O) groups is 1. The van der Waals surface area contributed by atoms with E-state index in [1.165, 1.54) is 19.3 Å². The Labute approximate surface area is 85.1 Å². The first-order chi connectivity index (χ1) is 6.79. The SMILES string of the molecule is CCCCCCn1ncc(C=O)c1C. The van der Waals surface area contributed by atoms with Crippen LogP contribution in [0.25, 0.3) is 0 Å². The van der Waals surface area contributed by atoms with E-state index in [4.69, 9.17) is 0 Å². The van der Waals surface area contributed by atoms with Crippen LogP contribution >= 0.6 is 0 Å². The molecular formula is C11H18N2O. The molecule has 0 aromatic carbocycles. The van der Waals surface area contributed by atoms with Crippen molar-refractivity contribution in [3.05, 3.63) is 17.5 Å². The Balaban J connectivity index is 2.42. The maximum absolute atomic E-state index is 10.6. The predicted molar refractivity (Wildman–Crippen MR) is 56.5 cm³/mol. The molecule has 0 aliphatic heterocycles. The average molecular weight is 194 g/mol. The minimum atomic E-state index is 0.709. The third kappa shape index (κ3) is 2.69. The summed E-state index contributed by atoms with van der Waals surface area (Å²) in [5.74, 6) is 0. The zero-order valence-corrected chi connectivity index (χ0v) is 8.99. The summed E-state index contributed by atoms with van der Waals surface area (Å²) >= 11 is 0. The minimum Gasteiger partial charge on any atom is -0.298 e. The summed E-state index contributed by atoms with van der Waals surface area (Å²) in [7, 11) is 0. The number of aldehydes is 1. The molecule has 0 atom stereocenters. The van der Waals surface area contributed by atoms with Gasteiger partial charge in [0.05, 0.1) is 11.8 Å². The van der Waals surface area contributed by atoms with E-state index in [1.54, 1.807) is 6.20 Å². The number of aryl methyl sites for hydroxylation is 1. The van der Waals surface area contributed by atoms with Crippen molar-refractivity contribution in [3.63, 3.8) is 0 Å². The summed E-state index contributed by atoms with van der Waals surface area (Å²) in [6, 6.07) is 0. The molecule has 3 heteroatoms. The van der Waals surface area contributed by atoms with Crippen LogP contribution < -0.4 is 0 Å². The number of unbranched alkanes of at least 4 members (excludes halogenated alkanes) is 3. The molecule has 0 aliphatic carbocycles. The maximum atomic E-state index is 10.6. The number of nitrogens with zero attached hydrogens (tertiary/aromatic N) is 2. The molecule has 0 amide bonds. The number of rotatable bonds is 6. The van der Waals surface area contributed by atoms with E-state index < -0.39 is 0 Å². The lowest BCUT2D eigenvalue weighted by molar-refractivity contribution is 0.112. The molecule has 0 radical (unpaired) electrons. The van der Waals surface area contributed by atoms with Gasteiger partial charge in [-0.2, -0.15) is 5.10 Å². The van der Waals surface area contributed by atoms with Crippen LogP contribution in [0.4, 0.5) is 0 Å². The quantitative estimate of drug-likeness (QED) is 0.515. The Bertz CT molecular complexity index is 291. The molecule has 14 heavy (non-hydrogen) atoms. The van der Waals surface area contributed by atoms with Crippen molar-refractivity contribution in [1.82, 2.24) is 9.78 Å². The van der Waals surface area contributed by atoms with Gasteiger partial charge in [-0.3, -0.25) is 9.48 Å². The van der Waals surface area contributed by atoms with E-state index >= 15 is 0 Å². The number of aromatic nitrogens is 2. The molecule has 0 saturated carbocycles. The van der Waals surface area contributed by atoms with Crippen molar-refractivity contribution < 1.29 is 4.79 Å². The highest BCUT2D eigenvalue weighted by Gasteiger charge is 2.03. The highest BCUT2D eigenvalue weighted by atomic mass is 16.1. The molecule has 0 N–H and O–H groups in total. The van der Waals surface area contributed by atoms with Crippen molar-refractivity contribution in [2.45, 2.75) is 46.1 Å². The van der Waals surface area contributed by atoms with Crippen LogP contribution in [0.15, 0.2) is 6.20 Å². The summed E-state index contributed by atoms with van der Waals surface area (Å²) in [5.41, 5.74) is 1.69. The molecular weight excluding hydrogens is 176 g/mol. The topological polar surface area (TPSA) is 34.9 Å². The highest BCUT2D eigenvalue weighted by molar-refractivity contribution is 5.75. The molecule has 1 rings (SSSR count). The fourth-order valence-electron chi connectivity index (χ4n) is 1.49. The minimum absolute atomic E-state index is 0.709. The van der Waals surface area contributed by atoms with E-state index in [9.17, 15) is 4.79 Å². The van der Waals surface area contributed by atoms with Crippen LogP contribution in [-0.2, 0) is 6.54 Å². The summed E-state index contributed by atoms with van der Waals surface area (Å²) in [6.45, 7) is 5.07. The van der Waals surface area contributed by atoms with Crippen LogP contribution in [0.2, 0.25) is 0 Å². The number of carbonyl (C=O) groups excluding carboxylic acids is 1. The number of hydrogen-bond donors (Lipinski definition) is 0. The molecule has 1 aromatic rings. The Morgan fingerprint density at radius 2 is 2.21 bits per heavy atom. The molecule has 0 unspecified atom stereocenters. The zero-order chi connectivity index (χ0) is 10.4. The van der Waals surface area contributed by atoms with Crippen LogP contribution in [0.5, 0.6) is 0 Å². The van der Waals surface area contributed by atoms with Crippen molar-refractivity contribution in [3.8, 4) is 0 Å². The molecule has 1 aromatic heterocycles. The average Bonchev–Trinajstić information content (AvgIpc) is 2.55. The third-order valence-corrected chi connectivity index (χ3v) is 2.49. The van der Waals surface area contributed by atoms with E-state index in [1.807, 2.05) is 11.6 Å². The predicted octanol–water partition coefficient (Wildman–Crippen LogP) is 2.58. The maximum Gasteiger partial charge on any atom is 0.153 e. The highest BCUT2D eigenvalue weighted by Crippen LogP contribution is 2.07. The van der Waals surface area contributed by atoms with E-state index in [2.05, 4.69) is 12.0 Å². The summed E-state index contributed by atoms with van der Waals surface area (Å²) in [6.07, 6.45) is 7.42. The Kier molecular flexibility index (Phi) is 4.36. The standard InChI is InChI=1S/C11H18N2O/c1-3-4-5-6-7-13-10(2)11(9-14)8-12-13/h8-9H,3-7H2,1-2H3. The Hall–Kier alpha value is -1.12. The van der Waals surface area contributed by atoms with Crippen molar-refractivity contribution in [2.75, 3.05) is 0 Å². The van der Waals surface area contributed by atoms with Gasteiger partial charge in [-0.25, -0.2) is 0 Å². The van der Waals surface area contributed by atoms with Gasteiger partial charge in [0.15, 0.2) is 6.29 Å². The molecule has 78 valence electrons. The first kappa shape index (κ1) is 11.0. The van der Waals surface area contributed by atoms with Crippen LogP contribution in [0.3, 0.4) is 0 Å². The van der Waals surface area contributed by atoms with Crippen molar-refractivity contribution >= 4 is 6.29 Å².